The highest BCUT2D eigenvalue weighted by molar-refractivity contribution is 5.84. The van der Waals surface area contributed by atoms with Gasteiger partial charge >= 0.3 is 12.1 Å². The van der Waals surface area contributed by atoms with E-state index in [0.29, 0.717) is 0 Å². The molecule has 0 radical (unpaired) electrons. The third-order valence-corrected chi connectivity index (χ3v) is 7.02. The number of benzene rings is 2. The van der Waals surface area contributed by atoms with Gasteiger partial charge in [0.2, 0.25) is 5.91 Å². The summed E-state index contributed by atoms with van der Waals surface area (Å²) in [6.45, 7) is 9.23. The second-order valence-corrected chi connectivity index (χ2v) is 10.1. The molecule has 2 amide bonds. The monoisotopic (exact) mass is 466 g/mol. The van der Waals surface area contributed by atoms with E-state index in [1.807, 2.05) is 24.3 Å². The summed E-state index contributed by atoms with van der Waals surface area (Å²) in [5.41, 5.74) is 2.68. The highest BCUT2D eigenvalue weighted by Gasteiger charge is 2.44. The molecule has 0 fully saturated rings. The third kappa shape index (κ3) is 5.24. The van der Waals surface area contributed by atoms with Crippen LogP contribution < -0.4 is 10.6 Å². The maximum Gasteiger partial charge on any atom is 0.407 e. The minimum Gasteiger partial charge on any atom is -0.481 e. The van der Waals surface area contributed by atoms with Crippen molar-refractivity contribution in [3.63, 3.8) is 0 Å². The van der Waals surface area contributed by atoms with Crippen molar-refractivity contribution in [2.45, 2.75) is 52.5 Å². The van der Waals surface area contributed by atoms with Crippen LogP contribution in [0.4, 0.5) is 4.79 Å². The molecule has 2 aromatic rings. The smallest absolute Gasteiger partial charge is 0.407 e. The SMILES string of the molecule is CC(CNC(=O)C(C)(C)C(C)(C)NC(=O)OCC1c2ccccc2-c2ccccc21)CC(=O)O. The minimum atomic E-state index is -0.971. The molecule has 0 aromatic heterocycles. The van der Waals surface area contributed by atoms with Crippen molar-refractivity contribution in [2.24, 2.45) is 11.3 Å². The van der Waals surface area contributed by atoms with E-state index in [4.69, 9.17) is 9.84 Å². The molecule has 34 heavy (non-hydrogen) atoms. The molecular weight excluding hydrogens is 432 g/mol. The topological polar surface area (TPSA) is 105 Å². The third-order valence-electron chi connectivity index (χ3n) is 7.02. The lowest BCUT2D eigenvalue weighted by molar-refractivity contribution is -0.138. The first-order valence-corrected chi connectivity index (χ1v) is 11.6. The van der Waals surface area contributed by atoms with E-state index in [2.05, 4.69) is 34.9 Å². The number of rotatable bonds is 9. The quantitative estimate of drug-likeness (QED) is 0.503. The molecule has 0 aliphatic heterocycles. The number of alkyl carbamates (subject to hydrolysis) is 1. The highest BCUT2D eigenvalue weighted by Crippen LogP contribution is 2.44. The summed E-state index contributed by atoms with van der Waals surface area (Å²) < 4.78 is 5.65. The molecule has 0 bridgehead atoms. The highest BCUT2D eigenvalue weighted by atomic mass is 16.5. The second kappa shape index (κ2) is 9.87. The van der Waals surface area contributed by atoms with E-state index in [1.165, 1.54) is 0 Å². The fraction of sp³-hybridized carbons (Fsp3) is 0.444. The lowest BCUT2D eigenvalue weighted by Gasteiger charge is -2.40. The van der Waals surface area contributed by atoms with Crippen LogP contribution >= 0.6 is 0 Å². The maximum atomic E-state index is 12.9. The van der Waals surface area contributed by atoms with Gasteiger partial charge in [-0.2, -0.15) is 0 Å². The normalized spacial score (nSPS) is 14.0. The number of carbonyl (C=O) groups excluding carboxylic acids is 2. The Morgan fingerprint density at radius 2 is 1.50 bits per heavy atom. The van der Waals surface area contributed by atoms with Crippen LogP contribution in [0.25, 0.3) is 11.1 Å². The zero-order chi connectivity index (χ0) is 25.1. The standard InChI is InChI=1S/C27H34N2O5/c1-17(14-23(30)31)15-28-24(32)26(2,3)27(4,5)29-25(33)34-16-22-20-12-8-6-10-18(20)19-11-7-9-13-21(19)22/h6-13,17,22H,14-16H2,1-5H3,(H,28,32)(H,29,33)(H,30,31). The summed E-state index contributed by atoms with van der Waals surface area (Å²) in [6, 6.07) is 16.3. The predicted octanol–water partition coefficient (Wildman–Crippen LogP) is 4.56. The van der Waals surface area contributed by atoms with Crippen LogP contribution in [0.1, 0.15) is 58.1 Å². The molecule has 0 saturated heterocycles. The van der Waals surface area contributed by atoms with Crippen molar-refractivity contribution < 1.29 is 24.2 Å². The zero-order valence-corrected chi connectivity index (χ0v) is 20.5. The molecule has 2 aromatic carbocycles. The summed E-state index contributed by atoms with van der Waals surface area (Å²) in [5, 5.41) is 14.6. The number of carbonyl (C=O) groups is 3. The van der Waals surface area contributed by atoms with Crippen LogP contribution in [0.3, 0.4) is 0 Å². The molecule has 1 atom stereocenters. The van der Waals surface area contributed by atoms with Gasteiger partial charge in [-0.15, -0.1) is 0 Å². The Morgan fingerprint density at radius 1 is 0.971 bits per heavy atom. The minimum absolute atomic E-state index is 0.0257. The number of ether oxygens (including phenoxy) is 1. The molecule has 7 heteroatoms. The average Bonchev–Trinajstić information content (AvgIpc) is 3.09. The van der Waals surface area contributed by atoms with E-state index >= 15 is 0 Å². The van der Waals surface area contributed by atoms with E-state index in [9.17, 15) is 14.4 Å². The zero-order valence-electron chi connectivity index (χ0n) is 20.5. The van der Waals surface area contributed by atoms with Crippen molar-refractivity contribution >= 4 is 18.0 Å². The summed E-state index contributed by atoms with van der Waals surface area (Å²) in [6.07, 6.45) is -0.616. The fourth-order valence-electron chi connectivity index (χ4n) is 4.19. The fourth-order valence-corrected chi connectivity index (χ4v) is 4.19. The predicted molar refractivity (Wildman–Crippen MR) is 130 cm³/mol. The number of aliphatic carboxylic acids is 1. The Hall–Kier alpha value is -3.35. The van der Waals surface area contributed by atoms with Gasteiger partial charge in [0.25, 0.3) is 0 Å². The van der Waals surface area contributed by atoms with Gasteiger partial charge in [-0.1, -0.05) is 55.5 Å². The first-order chi connectivity index (χ1) is 15.9. The summed E-state index contributed by atoms with van der Waals surface area (Å²) in [4.78, 5) is 36.5. The van der Waals surface area contributed by atoms with Gasteiger partial charge in [0, 0.05) is 18.9 Å². The van der Waals surface area contributed by atoms with Crippen LogP contribution in [-0.2, 0) is 14.3 Å². The first-order valence-electron chi connectivity index (χ1n) is 11.6. The van der Waals surface area contributed by atoms with Crippen molar-refractivity contribution in [2.75, 3.05) is 13.2 Å². The molecule has 0 heterocycles. The second-order valence-electron chi connectivity index (χ2n) is 10.1. The van der Waals surface area contributed by atoms with Gasteiger partial charge in [0.05, 0.1) is 11.0 Å². The molecule has 7 nitrogen and oxygen atoms in total. The Morgan fingerprint density at radius 3 is 2.03 bits per heavy atom. The molecule has 0 spiro atoms. The number of hydrogen-bond donors (Lipinski definition) is 3. The lowest BCUT2D eigenvalue weighted by Crippen LogP contribution is -2.59. The summed E-state index contributed by atoms with van der Waals surface area (Å²) >= 11 is 0. The number of carboxylic acids is 1. The van der Waals surface area contributed by atoms with Gasteiger partial charge < -0.3 is 20.5 Å². The number of carboxylic acid groups (broad SMARTS) is 1. The Balaban J connectivity index is 1.61. The van der Waals surface area contributed by atoms with Crippen molar-refractivity contribution in [3.05, 3.63) is 59.7 Å². The van der Waals surface area contributed by atoms with E-state index < -0.39 is 23.0 Å². The van der Waals surface area contributed by atoms with Crippen LogP contribution in [0.15, 0.2) is 48.5 Å². The van der Waals surface area contributed by atoms with Gasteiger partial charge in [0.1, 0.15) is 6.61 Å². The molecule has 0 saturated carbocycles. The largest absolute Gasteiger partial charge is 0.481 e. The number of fused-ring (bicyclic) bond motifs is 3. The van der Waals surface area contributed by atoms with E-state index in [-0.39, 0.29) is 37.3 Å². The van der Waals surface area contributed by atoms with Crippen LogP contribution in [-0.4, -0.2) is 41.8 Å². The Kier molecular flexibility index (Phi) is 7.34. The van der Waals surface area contributed by atoms with Crippen LogP contribution in [0.5, 0.6) is 0 Å². The molecular formula is C27H34N2O5. The molecule has 1 aliphatic carbocycles. The van der Waals surface area contributed by atoms with E-state index in [1.54, 1.807) is 34.6 Å². The molecule has 1 aliphatic rings. The van der Waals surface area contributed by atoms with Crippen molar-refractivity contribution in [3.8, 4) is 11.1 Å². The maximum absolute atomic E-state index is 12.9. The molecule has 182 valence electrons. The number of nitrogens with one attached hydrogen (secondary N) is 2. The van der Waals surface area contributed by atoms with Gasteiger partial charge in [0.15, 0.2) is 0 Å². The van der Waals surface area contributed by atoms with Crippen LogP contribution in [0, 0.1) is 11.3 Å². The Labute approximate surface area is 200 Å². The van der Waals surface area contributed by atoms with Crippen LogP contribution in [0.2, 0.25) is 0 Å². The molecule has 3 N–H and O–H groups in total. The van der Waals surface area contributed by atoms with Gasteiger partial charge in [-0.25, -0.2) is 4.79 Å². The summed E-state index contributed by atoms with van der Waals surface area (Å²) in [7, 11) is 0. The first kappa shape index (κ1) is 25.3. The lowest BCUT2D eigenvalue weighted by atomic mass is 9.73. The van der Waals surface area contributed by atoms with Crippen molar-refractivity contribution in [1.29, 1.82) is 0 Å². The number of amides is 2. The van der Waals surface area contributed by atoms with E-state index in [0.717, 1.165) is 22.3 Å². The number of hydrogen-bond acceptors (Lipinski definition) is 4. The van der Waals surface area contributed by atoms with Gasteiger partial charge in [-0.3, -0.25) is 9.59 Å². The summed E-state index contributed by atoms with van der Waals surface area (Å²) in [5.74, 6) is -1.42. The Bertz CT molecular complexity index is 1030. The van der Waals surface area contributed by atoms with Crippen molar-refractivity contribution in [1.82, 2.24) is 10.6 Å². The van der Waals surface area contributed by atoms with Gasteiger partial charge in [-0.05, 0) is 55.9 Å². The molecule has 1 unspecified atom stereocenters. The molecule has 3 rings (SSSR count). The average molecular weight is 467 g/mol.